The number of anilines is 1. The van der Waals surface area contributed by atoms with Gasteiger partial charge in [0, 0.05) is 19.1 Å². The number of aliphatic hydroxyl groups excluding tert-OH is 1. The standard InChI is InChI=1S/C9H14N2O/c1-11-7-3-2-5-9(11)10-6-4-8-12/h2-3,5,7,12H,4,6,8H2,1H3/p+1. The van der Waals surface area contributed by atoms with Gasteiger partial charge in [0.2, 0.25) is 0 Å². The Morgan fingerprint density at radius 3 is 3.00 bits per heavy atom. The Labute approximate surface area is 72.7 Å². The summed E-state index contributed by atoms with van der Waals surface area (Å²) in [6.07, 6.45) is 2.77. The van der Waals surface area contributed by atoms with Crippen molar-refractivity contribution in [3.05, 3.63) is 24.4 Å². The van der Waals surface area contributed by atoms with E-state index in [1.165, 1.54) is 0 Å². The molecule has 0 spiro atoms. The molecule has 0 bridgehead atoms. The second-order valence-electron chi connectivity index (χ2n) is 2.70. The highest BCUT2D eigenvalue weighted by Gasteiger charge is 2.00. The number of nitrogens with zero attached hydrogens (tertiary/aromatic N) is 1. The first-order valence-electron chi connectivity index (χ1n) is 4.14. The number of hydrogen-bond acceptors (Lipinski definition) is 2. The maximum absolute atomic E-state index is 8.57. The largest absolute Gasteiger partial charge is 0.396 e. The second kappa shape index (κ2) is 4.72. The predicted octanol–water partition coefficient (Wildman–Crippen LogP) is 0.305. The minimum atomic E-state index is 0.240. The third-order valence-corrected chi connectivity index (χ3v) is 1.70. The van der Waals surface area contributed by atoms with E-state index < -0.39 is 0 Å². The summed E-state index contributed by atoms with van der Waals surface area (Å²) in [6.45, 7) is 1.05. The van der Waals surface area contributed by atoms with E-state index in [4.69, 9.17) is 5.11 Å². The van der Waals surface area contributed by atoms with Crippen LogP contribution < -0.4 is 9.88 Å². The summed E-state index contributed by atoms with van der Waals surface area (Å²) in [4.78, 5) is 0. The molecule has 0 aliphatic heterocycles. The molecule has 0 saturated heterocycles. The summed E-state index contributed by atoms with van der Waals surface area (Å²) < 4.78 is 2.01. The lowest BCUT2D eigenvalue weighted by molar-refractivity contribution is -0.657. The number of hydrogen-bond donors (Lipinski definition) is 2. The van der Waals surface area contributed by atoms with Crippen LogP contribution in [0.5, 0.6) is 0 Å². The average Bonchev–Trinajstić information content (AvgIpc) is 2.09. The minimum Gasteiger partial charge on any atom is -0.396 e. The highest BCUT2D eigenvalue weighted by molar-refractivity contribution is 5.26. The van der Waals surface area contributed by atoms with Crippen molar-refractivity contribution in [2.24, 2.45) is 7.05 Å². The van der Waals surface area contributed by atoms with Gasteiger partial charge in [0.15, 0.2) is 0 Å². The molecule has 0 saturated carbocycles. The zero-order chi connectivity index (χ0) is 8.81. The number of aliphatic hydroxyl groups is 1. The van der Waals surface area contributed by atoms with E-state index in [2.05, 4.69) is 5.32 Å². The molecule has 0 aliphatic carbocycles. The van der Waals surface area contributed by atoms with Crippen LogP contribution in [0.25, 0.3) is 0 Å². The number of pyridine rings is 1. The Morgan fingerprint density at radius 2 is 2.33 bits per heavy atom. The molecule has 0 aliphatic rings. The number of rotatable bonds is 4. The highest BCUT2D eigenvalue weighted by atomic mass is 16.3. The fourth-order valence-corrected chi connectivity index (χ4v) is 1.00. The molecule has 2 N–H and O–H groups in total. The summed E-state index contributed by atoms with van der Waals surface area (Å²) in [5.74, 6) is 1.07. The predicted molar refractivity (Wildman–Crippen MR) is 47.8 cm³/mol. The molecule has 1 heterocycles. The Hall–Kier alpha value is -1.09. The summed E-state index contributed by atoms with van der Waals surface area (Å²) in [5.41, 5.74) is 0. The molecule has 0 atom stereocenters. The van der Waals surface area contributed by atoms with Gasteiger partial charge in [-0.15, -0.1) is 0 Å². The van der Waals surface area contributed by atoms with Gasteiger partial charge in [0.05, 0.1) is 19.8 Å². The smallest absolute Gasteiger partial charge is 0.274 e. The van der Waals surface area contributed by atoms with Crippen LogP contribution >= 0.6 is 0 Å². The third kappa shape index (κ3) is 2.51. The molecule has 3 heteroatoms. The van der Waals surface area contributed by atoms with Crippen molar-refractivity contribution in [3.63, 3.8) is 0 Å². The molecule has 0 fully saturated rings. The maximum Gasteiger partial charge on any atom is 0.274 e. The van der Waals surface area contributed by atoms with E-state index in [-0.39, 0.29) is 6.61 Å². The quantitative estimate of drug-likeness (QED) is 0.500. The highest BCUT2D eigenvalue weighted by Crippen LogP contribution is 1.96. The van der Waals surface area contributed by atoms with Crippen LogP contribution in [0.1, 0.15) is 6.42 Å². The average molecular weight is 167 g/mol. The van der Waals surface area contributed by atoms with Gasteiger partial charge in [-0.05, 0) is 6.07 Å². The van der Waals surface area contributed by atoms with Crippen molar-refractivity contribution < 1.29 is 9.67 Å². The summed E-state index contributed by atoms with van der Waals surface area (Å²) in [5, 5.41) is 11.8. The lowest BCUT2D eigenvalue weighted by Gasteiger charge is -2.00. The van der Waals surface area contributed by atoms with Gasteiger partial charge in [0.1, 0.15) is 0 Å². The molecule has 1 aromatic rings. The van der Waals surface area contributed by atoms with Crippen LogP contribution in [0.3, 0.4) is 0 Å². The van der Waals surface area contributed by atoms with Crippen LogP contribution in [0.15, 0.2) is 24.4 Å². The first-order chi connectivity index (χ1) is 5.84. The zero-order valence-corrected chi connectivity index (χ0v) is 7.33. The molecule has 0 unspecified atom stereocenters. The molecule has 0 radical (unpaired) electrons. The first kappa shape index (κ1) is 9.00. The summed E-state index contributed by atoms with van der Waals surface area (Å²) in [6, 6.07) is 5.98. The lowest BCUT2D eigenvalue weighted by Crippen LogP contribution is -2.32. The maximum atomic E-state index is 8.57. The molecule has 3 nitrogen and oxygen atoms in total. The van der Waals surface area contributed by atoms with E-state index >= 15 is 0 Å². The van der Waals surface area contributed by atoms with E-state index in [9.17, 15) is 0 Å². The SMILES string of the molecule is C[n+]1ccccc1NCCCO. The lowest BCUT2D eigenvalue weighted by atomic mass is 10.4. The van der Waals surface area contributed by atoms with Crippen LogP contribution in [-0.4, -0.2) is 18.3 Å². The first-order valence-corrected chi connectivity index (χ1v) is 4.14. The van der Waals surface area contributed by atoms with Gasteiger partial charge in [-0.2, -0.15) is 0 Å². The van der Waals surface area contributed by atoms with Crippen LogP contribution in [0, 0.1) is 0 Å². The van der Waals surface area contributed by atoms with Gasteiger partial charge in [-0.25, -0.2) is 4.57 Å². The van der Waals surface area contributed by atoms with E-state index in [1.807, 2.05) is 36.0 Å². The number of aromatic nitrogens is 1. The van der Waals surface area contributed by atoms with Crippen molar-refractivity contribution in [2.75, 3.05) is 18.5 Å². The van der Waals surface area contributed by atoms with E-state index in [0.29, 0.717) is 0 Å². The number of aryl methyl sites for hydroxylation is 1. The van der Waals surface area contributed by atoms with Gasteiger partial charge in [-0.3, -0.25) is 5.32 Å². The third-order valence-electron chi connectivity index (χ3n) is 1.70. The summed E-state index contributed by atoms with van der Waals surface area (Å²) in [7, 11) is 1.99. The Bertz CT molecular complexity index is 238. The molecule has 0 aromatic carbocycles. The number of nitrogens with one attached hydrogen (secondary N) is 1. The monoisotopic (exact) mass is 167 g/mol. The van der Waals surface area contributed by atoms with Crippen molar-refractivity contribution >= 4 is 5.82 Å². The minimum absolute atomic E-state index is 0.240. The fraction of sp³-hybridized carbons (Fsp3) is 0.444. The fourth-order valence-electron chi connectivity index (χ4n) is 1.00. The van der Waals surface area contributed by atoms with Crippen molar-refractivity contribution in [2.45, 2.75) is 6.42 Å². The van der Waals surface area contributed by atoms with Crippen molar-refractivity contribution in [1.82, 2.24) is 0 Å². The second-order valence-corrected chi connectivity index (χ2v) is 2.70. The van der Waals surface area contributed by atoms with Crippen molar-refractivity contribution in [3.8, 4) is 0 Å². The Kier molecular flexibility index (Phi) is 3.54. The topological polar surface area (TPSA) is 36.1 Å². The van der Waals surface area contributed by atoms with E-state index in [0.717, 1.165) is 18.8 Å². The molecule has 1 aromatic heterocycles. The molecule has 1 rings (SSSR count). The summed E-state index contributed by atoms with van der Waals surface area (Å²) >= 11 is 0. The van der Waals surface area contributed by atoms with Crippen LogP contribution in [0.2, 0.25) is 0 Å². The van der Waals surface area contributed by atoms with Crippen LogP contribution in [-0.2, 0) is 7.05 Å². The molecular formula is C9H15N2O+. The van der Waals surface area contributed by atoms with Gasteiger partial charge < -0.3 is 5.11 Å². The van der Waals surface area contributed by atoms with Gasteiger partial charge in [0.25, 0.3) is 5.82 Å². The van der Waals surface area contributed by atoms with Crippen molar-refractivity contribution in [1.29, 1.82) is 0 Å². The molecule has 66 valence electrons. The zero-order valence-electron chi connectivity index (χ0n) is 7.33. The Balaban J connectivity index is 2.46. The normalized spacial score (nSPS) is 9.83. The molecular weight excluding hydrogens is 152 g/mol. The Morgan fingerprint density at radius 1 is 1.50 bits per heavy atom. The molecule has 12 heavy (non-hydrogen) atoms. The van der Waals surface area contributed by atoms with E-state index in [1.54, 1.807) is 0 Å². The van der Waals surface area contributed by atoms with Gasteiger partial charge >= 0.3 is 0 Å². The van der Waals surface area contributed by atoms with Gasteiger partial charge in [-0.1, -0.05) is 6.07 Å². The molecule has 0 amide bonds. The van der Waals surface area contributed by atoms with Crippen LogP contribution in [0.4, 0.5) is 5.82 Å².